The van der Waals surface area contributed by atoms with Crippen molar-refractivity contribution in [2.75, 3.05) is 13.7 Å². The molecule has 2 saturated carbocycles. The summed E-state index contributed by atoms with van der Waals surface area (Å²) >= 11 is 0. The molecule has 6 heteroatoms. The Morgan fingerprint density at radius 1 is 1.13 bits per heavy atom. The van der Waals surface area contributed by atoms with Crippen LogP contribution in [0, 0.1) is 5.92 Å². The van der Waals surface area contributed by atoms with Crippen LogP contribution in [0.3, 0.4) is 0 Å². The van der Waals surface area contributed by atoms with Crippen molar-refractivity contribution in [2.45, 2.75) is 82.7 Å². The molecule has 0 spiro atoms. The van der Waals surface area contributed by atoms with Crippen molar-refractivity contribution < 1.29 is 14.3 Å². The second-order valence-electron chi connectivity index (χ2n) is 9.24. The fourth-order valence-corrected chi connectivity index (χ4v) is 5.12. The fourth-order valence-electron chi connectivity index (χ4n) is 5.12. The first kappa shape index (κ1) is 22.4. The van der Waals surface area contributed by atoms with E-state index in [0.717, 1.165) is 50.7 Å². The van der Waals surface area contributed by atoms with Gasteiger partial charge in [0.15, 0.2) is 0 Å². The lowest BCUT2D eigenvalue weighted by Gasteiger charge is -2.33. The van der Waals surface area contributed by atoms with Crippen molar-refractivity contribution in [1.82, 2.24) is 16.0 Å². The summed E-state index contributed by atoms with van der Waals surface area (Å²) in [4.78, 5) is 25.0. The Bertz CT molecular complexity index is 728. The van der Waals surface area contributed by atoms with Crippen LogP contribution in [0.2, 0.25) is 0 Å². The zero-order chi connectivity index (χ0) is 21.6. The molecule has 2 fully saturated rings. The van der Waals surface area contributed by atoms with Gasteiger partial charge in [-0.3, -0.25) is 4.79 Å². The zero-order valence-corrected chi connectivity index (χ0v) is 18.6. The maximum atomic E-state index is 12.7. The van der Waals surface area contributed by atoms with Gasteiger partial charge in [0.1, 0.15) is 5.75 Å². The number of ether oxygens (including phenoxy) is 1. The van der Waals surface area contributed by atoms with Crippen molar-refractivity contribution in [3.05, 3.63) is 29.8 Å². The van der Waals surface area contributed by atoms with E-state index in [1.165, 1.54) is 5.56 Å². The molecule has 0 aliphatic heterocycles. The normalized spacial score (nSPS) is 23.1. The third-order valence-electron chi connectivity index (χ3n) is 6.64. The standard InChI is InChI=1S/C24H37N3O3/c1-17(2)26-22(28)18-9-8-10-19(15-18)27-23(29)25-16-24(13-6-7-14-24)20-11-4-5-12-21(20)30-3/h4-5,11-12,17-19H,6-10,13-16H2,1-3H3,(H,26,28)(H2,25,27,29). The van der Waals surface area contributed by atoms with E-state index in [9.17, 15) is 9.59 Å². The molecule has 3 N–H and O–H groups in total. The van der Waals surface area contributed by atoms with Gasteiger partial charge < -0.3 is 20.7 Å². The number of carbonyl (C=O) groups excluding carboxylic acids is 2. The molecule has 1 aromatic rings. The number of hydrogen-bond acceptors (Lipinski definition) is 3. The van der Waals surface area contributed by atoms with Crippen molar-refractivity contribution in [3.63, 3.8) is 0 Å². The molecule has 0 bridgehead atoms. The van der Waals surface area contributed by atoms with Crippen LogP contribution in [0.15, 0.2) is 24.3 Å². The topological polar surface area (TPSA) is 79.5 Å². The number of methoxy groups -OCH3 is 1. The molecular formula is C24H37N3O3. The van der Waals surface area contributed by atoms with E-state index in [4.69, 9.17) is 4.74 Å². The highest BCUT2D eigenvalue weighted by atomic mass is 16.5. The van der Waals surface area contributed by atoms with Gasteiger partial charge in [-0.1, -0.05) is 37.5 Å². The molecule has 0 aromatic heterocycles. The third-order valence-corrected chi connectivity index (χ3v) is 6.64. The predicted molar refractivity (Wildman–Crippen MR) is 119 cm³/mol. The predicted octanol–water partition coefficient (Wildman–Crippen LogP) is 3.89. The summed E-state index contributed by atoms with van der Waals surface area (Å²) in [5, 5.41) is 9.25. The van der Waals surface area contributed by atoms with Crippen LogP contribution in [0.25, 0.3) is 0 Å². The van der Waals surface area contributed by atoms with Crippen LogP contribution in [0.1, 0.15) is 70.8 Å². The number of rotatable bonds is 7. The monoisotopic (exact) mass is 415 g/mol. The first-order valence-corrected chi connectivity index (χ1v) is 11.4. The molecule has 2 atom stereocenters. The average molecular weight is 416 g/mol. The van der Waals surface area contributed by atoms with Gasteiger partial charge in [-0.15, -0.1) is 0 Å². The summed E-state index contributed by atoms with van der Waals surface area (Å²) in [5.74, 6) is 0.993. The summed E-state index contributed by atoms with van der Waals surface area (Å²) in [5.41, 5.74) is 1.12. The molecule has 6 nitrogen and oxygen atoms in total. The van der Waals surface area contributed by atoms with Gasteiger partial charge >= 0.3 is 6.03 Å². The highest BCUT2D eigenvalue weighted by Crippen LogP contribution is 2.44. The van der Waals surface area contributed by atoms with Crippen LogP contribution in [-0.4, -0.2) is 37.7 Å². The Labute approximate surface area is 180 Å². The number of urea groups is 1. The molecule has 3 rings (SSSR count). The Balaban J connectivity index is 1.57. The molecule has 0 saturated heterocycles. The molecular weight excluding hydrogens is 378 g/mol. The SMILES string of the molecule is COc1ccccc1C1(CNC(=O)NC2CCCC(C(=O)NC(C)C)C2)CCCC1. The van der Waals surface area contributed by atoms with Gasteiger partial charge in [0.25, 0.3) is 0 Å². The maximum absolute atomic E-state index is 12.7. The van der Waals surface area contributed by atoms with Crippen molar-refractivity contribution >= 4 is 11.9 Å². The Morgan fingerprint density at radius 3 is 2.57 bits per heavy atom. The van der Waals surface area contributed by atoms with Gasteiger partial charge in [0.05, 0.1) is 7.11 Å². The Morgan fingerprint density at radius 2 is 1.87 bits per heavy atom. The zero-order valence-electron chi connectivity index (χ0n) is 18.6. The van der Waals surface area contributed by atoms with Crippen LogP contribution in [-0.2, 0) is 10.2 Å². The minimum atomic E-state index is -0.133. The number of para-hydroxylation sites is 1. The van der Waals surface area contributed by atoms with E-state index < -0.39 is 0 Å². The molecule has 30 heavy (non-hydrogen) atoms. The molecule has 0 radical (unpaired) electrons. The molecule has 2 unspecified atom stereocenters. The first-order valence-electron chi connectivity index (χ1n) is 11.4. The van der Waals surface area contributed by atoms with E-state index in [1.54, 1.807) is 7.11 Å². The lowest BCUT2D eigenvalue weighted by Crippen LogP contribution is -2.49. The molecule has 166 valence electrons. The largest absolute Gasteiger partial charge is 0.496 e. The maximum Gasteiger partial charge on any atom is 0.315 e. The molecule has 3 amide bonds. The van der Waals surface area contributed by atoms with Crippen LogP contribution < -0.4 is 20.7 Å². The molecule has 2 aliphatic carbocycles. The molecule has 1 aromatic carbocycles. The summed E-state index contributed by atoms with van der Waals surface area (Å²) < 4.78 is 5.61. The molecule has 0 heterocycles. The van der Waals surface area contributed by atoms with E-state index in [0.29, 0.717) is 13.0 Å². The number of hydrogen-bond donors (Lipinski definition) is 3. The lowest BCUT2D eigenvalue weighted by atomic mass is 9.78. The number of benzene rings is 1. The average Bonchev–Trinajstić information content (AvgIpc) is 3.22. The lowest BCUT2D eigenvalue weighted by molar-refractivity contribution is -0.126. The van der Waals surface area contributed by atoms with Crippen molar-refractivity contribution in [2.24, 2.45) is 5.92 Å². The Kier molecular flexibility index (Phi) is 7.62. The fraction of sp³-hybridized carbons (Fsp3) is 0.667. The third kappa shape index (κ3) is 5.46. The summed E-state index contributed by atoms with van der Waals surface area (Å²) in [7, 11) is 1.70. The second-order valence-corrected chi connectivity index (χ2v) is 9.24. The van der Waals surface area contributed by atoms with Gasteiger partial charge in [0, 0.05) is 35.5 Å². The van der Waals surface area contributed by atoms with Gasteiger partial charge in [-0.25, -0.2) is 4.79 Å². The number of carbonyl (C=O) groups is 2. The van der Waals surface area contributed by atoms with Crippen molar-refractivity contribution in [3.8, 4) is 5.75 Å². The minimum Gasteiger partial charge on any atom is -0.496 e. The van der Waals surface area contributed by atoms with E-state index in [-0.39, 0.29) is 35.4 Å². The number of amides is 3. The van der Waals surface area contributed by atoms with Crippen molar-refractivity contribution in [1.29, 1.82) is 0 Å². The highest BCUT2D eigenvalue weighted by molar-refractivity contribution is 5.79. The van der Waals surface area contributed by atoms with E-state index >= 15 is 0 Å². The quantitative estimate of drug-likeness (QED) is 0.632. The first-order chi connectivity index (χ1) is 14.4. The van der Waals surface area contributed by atoms with Crippen LogP contribution in [0.4, 0.5) is 4.79 Å². The minimum absolute atomic E-state index is 0.0128. The smallest absolute Gasteiger partial charge is 0.315 e. The molecule has 2 aliphatic rings. The van der Waals surface area contributed by atoms with Crippen LogP contribution >= 0.6 is 0 Å². The van der Waals surface area contributed by atoms with E-state index in [1.807, 2.05) is 32.0 Å². The second kappa shape index (κ2) is 10.2. The summed E-state index contributed by atoms with van der Waals surface area (Å²) in [6.45, 7) is 4.55. The van der Waals surface area contributed by atoms with Gasteiger partial charge in [-0.05, 0) is 52.0 Å². The summed E-state index contributed by atoms with van der Waals surface area (Å²) in [6.07, 6.45) is 7.93. The number of nitrogens with one attached hydrogen (secondary N) is 3. The van der Waals surface area contributed by atoms with E-state index in [2.05, 4.69) is 22.0 Å². The van der Waals surface area contributed by atoms with Crippen LogP contribution in [0.5, 0.6) is 5.75 Å². The highest BCUT2D eigenvalue weighted by Gasteiger charge is 2.38. The van der Waals surface area contributed by atoms with Gasteiger partial charge in [0.2, 0.25) is 5.91 Å². The van der Waals surface area contributed by atoms with Gasteiger partial charge in [-0.2, -0.15) is 0 Å². The Hall–Kier alpha value is -2.24. The summed E-state index contributed by atoms with van der Waals surface area (Å²) in [6, 6.07) is 8.22.